The van der Waals surface area contributed by atoms with E-state index >= 15 is 0 Å². The van der Waals surface area contributed by atoms with Crippen LogP contribution >= 0.6 is 0 Å². The average molecular weight is 259 g/mol. The maximum Gasteiger partial charge on any atom is 0.248 e. The zero-order valence-electron chi connectivity index (χ0n) is 11.0. The molecule has 0 aromatic heterocycles. The number of nitrogens with zero attached hydrogens (tertiary/aromatic N) is 3. The van der Waals surface area contributed by atoms with Crippen LogP contribution in [0.3, 0.4) is 0 Å². The SMILES string of the molecule is COCC(=O)N1CCN(c2ccccc2C#N)CC1. The normalized spacial score (nSPS) is 15.2. The van der Waals surface area contributed by atoms with Crippen molar-refractivity contribution in [1.82, 2.24) is 4.90 Å². The van der Waals surface area contributed by atoms with E-state index in [0.29, 0.717) is 18.7 Å². The van der Waals surface area contributed by atoms with E-state index in [1.807, 2.05) is 24.3 Å². The molecule has 1 saturated heterocycles. The van der Waals surface area contributed by atoms with E-state index in [-0.39, 0.29) is 12.5 Å². The van der Waals surface area contributed by atoms with Crippen LogP contribution in [0.15, 0.2) is 24.3 Å². The molecule has 0 bridgehead atoms. The number of ether oxygens (including phenoxy) is 1. The van der Waals surface area contributed by atoms with Crippen molar-refractivity contribution in [3.8, 4) is 6.07 Å². The number of carbonyl (C=O) groups excluding carboxylic acids is 1. The monoisotopic (exact) mass is 259 g/mol. The van der Waals surface area contributed by atoms with Gasteiger partial charge in [-0.1, -0.05) is 12.1 Å². The molecule has 0 atom stereocenters. The van der Waals surface area contributed by atoms with Crippen LogP contribution in [0.25, 0.3) is 0 Å². The molecule has 19 heavy (non-hydrogen) atoms. The summed E-state index contributed by atoms with van der Waals surface area (Å²) in [7, 11) is 1.53. The van der Waals surface area contributed by atoms with Crippen molar-refractivity contribution in [3.63, 3.8) is 0 Å². The average Bonchev–Trinajstić information content (AvgIpc) is 2.47. The van der Waals surface area contributed by atoms with Gasteiger partial charge >= 0.3 is 0 Å². The summed E-state index contributed by atoms with van der Waals surface area (Å²) in [6.07, 6.45) is 0. The number of piperazine rings is 1. The first-order valence-electron chi connectivity index (χ1n) is 6.27. The molecule has 5 nitrogen and oxygen atoms in total. The van der Waals surface area contributed by atoms with Crippen molar-refractivity contribution in [1.29, 1.82) is 5.26 Å². The molecule has 0 spiro atoms. The van der Waals surface area contributed by atoms with Gasteiger partial charge in [-0.25, -0.2) is 0 Å². The van der Waals surface area contributed by atoms with Gasteiger partial charge in [0.25, 0.3) is 0 Å². The summed E-state index contributed by atoms with van der Waals surface area (Å²) in [5.41, 5.74) is 1.63. The molecule has 2 rings (SSSR count). The van der Waals surface area contributed by atoms with Gasteiger partial charge in [0, 0.05) is 33.3 Å². The number of para-hydroxylation sites is 1. The van der Waals surface area contributed by atoms with Crippen molar-refractivity contribution >= 4 is 11.6 Å². The molecule has 5 heteroatoms. The molecule has 1 heterocycles. The van der Waals surface area contributed by atoms with Crippen LogP contribution in [0.1, 0.15) is 5.56 Å². The summed E-state index contributed by atoms with van der Waals surface area (Å²) in [6, 6.07) is 9.76. The summed E-state index contributed by atoms with van der Waals surface area (Å²) in [5, 5.41) is 9.10. The van der Waals surface area contributed by atoms with Crippen LogP contribution < -0.4 is 4.90 Å². The maximum absolute atomic E-state index is 11.7. The van der Waals surface area contributed by atoms with Crippen molar-refractivity contribution in [2.24, 2.45) is 0 Å². The lowest BCUT2D eigenvalue weighted by Gasteiger charge is -2.36. The summed E-state index contributed by atoms with van der Waals surface area (Å²) in [6.45, 7) is 2.96. The zero-order valence-corrected chi connectivity index (χ0v) is 11.0. The van der Waals surface area contributed by atoms with E-state index in [1.165, 1.54) is 7.11 Å². The van der Waals surface area contributed by atoms with Crippen LogP contribution in [0, 0.1) is 11.3 Å². The Balaban J connectivity index is 2.00. The quantitative estimate of drug-likeness (QED) is 0.807. The number of hydrogen-bond acceptors (Lipinski definition) is 4. The molecule has 0 unspecified atom stereocenters. The van der Waals surface area contributed by atoms with Gasteiger partial charge < -0.3 is 14.5 Å². The highest BCUT2D eigenvalue weighted by Gasteiger charge is 2.22. The highest BCUT2D eigenvalue weighted by atomic mass is 16.5. The predicted octanol–water partition coefficient (Wildman–Crippen LogP) is 0.853. The Kier molecular flexibility index (Phi) is 4.37. The van der Waals surface area contributed by atoms with E-state index in [0.717, 1.165) is 18.8 Å². The maximum atomic E-state index is 11.7. The fourth-order valence-electron chi connectivity index (χ4n) is 2.26. The highest BCUT2D eigenvalue weighted by molar-refractivity contribution is 5.77. The molecule has 1 aliphatic rings. The second kappa shape index (κ2) is 6.21. The predicted molar refractivity (Wildman–Crippen MR) is 71.8 cm³/mol. The number of anilines is 1. The largest absolute Gasteiger partial charge is 0.375 e. The summed E-state index contributed by atoms with van der Waals surface area (Å²) < 4.78 is 4.86. The van der Waals surface area contributed by atoms with Crippen LogP contribution in [0.4, 0.5) is 5.69 Å². The van der Waals surface area contributed by atoms with E-state index in [4.69, 9.17) is 10.00 Å². The van der Waals surface area contributed by atoms with Crippen LogP contribution in [-0.4, -0.2) is 50.7 Å². The molecule has 0 saturated carbocycles. The Hall–Kier alpha value is -2.06. The lowest BCUT2D eigenvalue weighted by atomic mass is 10.1. The molecular formula is C14H17N3O2. The molecular weight excluding hydrogens is 242 g/mol. The third-order valence-corrected chi connectivity index (χ3v) is 3.27. The van der Waals surface area contributed by atoms with Crippen molar-refractivity contribution < 1.29 is 9.53 Å². The standard InChI is InChI=1S/C14H17N3O2/c1-19-11-14(18)17-8-6-16(7-9-17)13-5-3-2-4-12(13)10-15/h2-5H,6-9,11H2,1H3. The Morgan fingerprint density at radius 1 is 1.32 bits per heavy atom. The second-order valence-corrected chi connectivity index (χ2v) is 4.43. The van der Waals surface area contributed by atoms with Gasteiger partial charge in [0.15, 0.2) is 0 Å². The van der Waals surface area contributed by atoms with E-state index in [2.05, 4.69) is 11.0 Å². The van der Waals surface area contributed by atoms with E-state index in [1.54, 1.807) is 4.90 Å². The van der Waals surface area contributed by atoms with Gasteiger partial charge in [0.2, 0.25) is 5.91 Å². The van der Waals surface area contributed by atoms with Gasteiger partial charge in [0.05, 0.1) is 11.3 Å². The van der Waals surface area contributed by atoms with Crippen molar-refractivity contribution in [2.45, 2.75) is 0 Å². The number of benzene rings is 1. The minimum absolute atomic E-state index is 0.0238. The van der Waals surface area contributed by atoms with Gasteiger partial charge in [0.1, 0.15) is 12.7 Å². The minimum Gasteiger partial charge on any atom is -0.375 e. The van der Waals surface area contributed by atoms with Gasteiger partial charge in [-0.2, -0.15) is 5.26 Å². The Labute approximate surface area is 113 Å². The Morgan fingerprint density at radius 3 is 2.63 bits per heavy atom. The van der Waals surface area contributed by atoms with E-state index in [9.17, 15) is 4.79 Å². The molecule has 1 amide bonds. The third-order valence-electron chi connectivity index (χ3n) is 3.27. The molecule has 1 aromatic carbocycles. The van der Waals surface area contributed by atoms with Crippen molar-refractivity contribution in [2.75, 3.05) is 44.8 Å². The fraction of sp³-hybridized carbons (Fsp3) is 0.429. The number of methoxy groups -OCH3 is 1. The number of nitriles is 1. The van der Waals surface area contributed by atoms with E-state index < -0.39 is 0 Å². The number of carbonyl (C=O) groups is 1. The molecule has 0 aliphatic carbocycles. The van der Waals surface area contributed by atoms with Crippen LogP contribution in [-0.2, 0) is 9.53 Å². The van der Waals surface area contributed by atoms with Gasteiger partial charge in [-0.3, -0.25) is 4.79 Å². The van der Waals surface area contributed by atoms with Gasteiger partial charge in [-0.15, -0.1) is 0 Å². The molecule has 100 valence electrons. The first kappa shape index (κ1) is 13.4. The van der Waals surface area contributed by atoms with Crippen molar-refractivity contribution in [3.05, 3.63) is 29.8 Å². The first-order valence-corrected chi connectivity index (χ1v) is 6.27. The summed E-state index contributed by atoms with van der Waals surface area (Å²) >= 11 is 0. The number of rotatable bonds is 3. The lowest BCUT2D eigenvalue weighted by Crippen LogP contribution is -2.49. The van der Waals surface area contributed by atoms with Crippen LogP contribution in [0.5, 0.6) is 0 Å². The zero-order chi connectivity index (χ0) is 13.7. The molecule has 1 aromatic rings. The lowest BCUT2D eigenvalue weighted by molar-refractivity contribution is -0.135. The summed E-state index contributed by atoms with van der Waals surface area (Å²) in [5.74, 6) is 0.0238. The number of hydrogen-bond donors (Lipinski definition) is 0. The Bertz CT molecular complexity index is 488. The molecule has 1 aliphatic heterocycles. The smallest absolute Gasteiger partial charge is 0.248 e. The fourth-order valence-corrected chi connectivity index (χ4v) is 2.26. The molecule has 0 radical (unpaired) electrons. The summed E-state index contributed by atoms with van der Waals surface area (Å²) in [4.78, 5) is 15.6. The molecule has 0 N–H and O–H groups in total. The number of amides is 1. The topological polar surface area (TPSA) is 56.6 Å². The van der Waals surface area contributed by atoms with Crippen LogP contribution in [0.2, 0.25) is 0 Å². The minimum atomic E-state index is 0.0238. The first-order chi connectivity index (χ1) is 9.26. The molecule has 1 fully saturated rings. The van der Waals surface area contributed by atoms with Gasteiger partial charge in [-0.05, 0) is 12.1 Å². The highest BCUT2D eigenvalue weighted by Crippen LogP contribution is 2.20. The second-order valence-electron chi connectivity index (χ2n) is 4.43. The Morgan fingerprint density at radius 2 is 2.00 bits per heavy atom. The third kappa shape index (κ3) is 3.04.